The fourth-order valence-electron chi connectivity index (χ4n) is 2.16. The van der Waals surface area contributed by atoms with E-state index in [2.05, 4.69) is 22.7 Å². The standard InChI is InChI=1S/C12H20N4O/c1-9(10-5-7-17-8-6-10)14-11-3-2-4-12(15-11)16-13/h2-4,9-10H,5-8,13H2,1H3,(H2,14,15,16). The van der Waals surface area contributed by atoms with Crippen molar-refractivity contribution in [2.45, 2.75) is 25.8 Å². The van der Waals surface area contributed by atoms with Gasteiger partial charge in [-0.05, 0) is 37.8 Å². The van der Waals surface area contributed by atoms with Gasteiger partial charge in [-0.2, -0.15) is 0 Å². The Morgan fingerprint density at radius 2 is 2.06 bits per heavy atom. The third-order valence-electron chi connectivity index (χ3n) is 3.25. The molecule has 0 spiro atoms. The topological polar surface area (TPSA) is 72.2 Å². The van der Waals surface area contributed by atoms with Crippen molar-refractivity contribution in [2.24, 2.45) is 11.8 Å². The number of nitrogen functional groups attached to an aromatic ring is 1. The minimum Gasteiger partial charge on any atom is -0.381 e. The molecule has 1 saturated heterocycles. The van der Waals surface area contributed by atoms with E-state index in [4.69, 9.17) is 10.6 Å². The Kier molecular flexibility index (Phi) is 4.17. The first-order valence-corrected chi connectivity index (χ1v) is 6.07. The molecule has 1 unspecified atom stereocenters. The van der Waals surface area contributed by atoms with Gasteiger partial charge < -0.3 is 15.5 Å². The van der Waals surface area contributed by atoms with Gasteiger partial charge in [0.05, 0.1) is 0 Å². The lowest BCUT2D eigenvalue weighted by Gasteiger charge is -2.28. The molecule has 0 aromatic carbocycles. The first-order valence-electron chi connectivity index (χ1n) is 6.07. The van der Waals surface area contributed by atoms with E-state index < -0.39 is 0 Å². The number of nitrogens with zero attached hydrogens (tertiary/aromatic N) is 1. The van der Waals surface area contributed by atoms with E-state index in [1.807, 2.05) is 18.2 Å². The van der Waals surface area contributed by atoms with E-state index in [0.29, 0.717) is 17.8 Å². The number of nitrogens with one attached hydrogen (secondary N) is 2. The maximum atomic E-state index is 5.37. The van der Waals surface area contributed by atoms with Gasteiger partial charge in [0.1, 0.15) is 11.6 Å². The second-order valence-corrected chi connectivity index (χ2v) is 4.44. The highest BCUT2D eigenvalue weighted by atomic mass is 16.5. The van der Waals surface area contributed by atoms with Crippen molar-refractivity contribution in [3.05, 3.63) is 18.2 Å². The van der Waals surface area contributed by atoms with Crippen molar-refractivity contribution in [1.82, 2.24) is 4.98 Å². The lowest BCUT2D eigenvalue weighted by atomic mass is 9.93. The zero-order valence-electron chi connectivity index (χ0n) is 10.1. The summed E-state index contributed by atoms with van der Waals surface area (Å²) in [6.45, 7) is 3.93. The summed E-state index contributed by atoms with van der Waals surface area (Å²) in [4.78, 5) is 4.35. The molecule has 17 heavy (non-hydrogen) atoms. The van der Waals surface area contributed by atoms with Crippen molar-refractivity contribution in [1.29, 1.82) is 0 Å². The van der Waals surface area contributed by atoms with Gasteiger partial charge in [0.15, 0.2) is 0 Å². The molecule has 4 N–H and O–H groups in total. The Morgan fingerprint density at radius 1 is 1.35 bits per heavy atom. The predicted octanol–water partition coefficient (Wildman–Crippen LogP) is 1.59. The number of nitrogens with two attached hydrogens (primary N) is 1. The highest BCUT2D eigenvalue weighted by molar-refractivity contribution is 5.44. The van der Waals surface area contributed by atoms with Crippen molar-refractivity contribution in [3.8, 4) is 0 Å². The molecular weight excluding hydrogens is 216 g/mol. The largest absolute Gasteiger partial charge is 0.381 e. The summed E-state index contributed by atoms with van der Waals surface area (Å²) >= 11 is 0. The number of anilines is 2. The Morgan fingerprint density at radius 3 is 2.76 bits per heavy atom. The maximum Gasteiger partial charge on any atom is 0.142 e. The number of aromatic nitrogens is 1. The number of pyridine rings is 1. The lowest BCUT2D eigenvalue weighted by Crippen LogP contribution is -2.31. The molecule has 5 heteroatoms. The fraction of sp³-hybridized carbons (Fsp3) is 0.583. The summed E-state index contributed by atoms with van der Waals surface area (Å²) in [5.41, 5.74) is 2.55. The average molecular weight is 236 g/mol. The molecule has 2 rings (SSSR count). The van der Waals surface area contributed by atoms with Crippen LogP contribution < -0.4 is 16.6 Å². The Bertz CT molecular complexity index is 352. The van der Waals surface area contributed by atoms with Crippen LogP contribution in [0.15, 0.2) is 18.2 Å². The molecule has 2 heterocycles. The summed E-state index contributed by atoms with van der Waals surface area (Å²) in [7, 11) is 0. The van der Waals surface area contributed by atoms with Crippen molar-refractivity contribution in [3.63, 3.8) is 0 Å². The van der Waals surface area contributed by atoms with Crippen LogP contribution in [0.3, 0.4) is 0 Å². The quantitative estimate of drug-likeness (QED) is 0.547. The molecule has 1 aromatic heterocycles. The SMILES string of the molecule is CC(Nc1cccc(NN)n1)C1CCOCC1. The third-order valence-corrected chi connectivity index (χ3v) is 3.25. The number of hydrogen-bond acceptors (Lipinski definition) is 5. The minimum atomic E-state index is 0.402. The third kappa shape index (κ3) is 3.31. The summed E-state index contributed by atoms with van der Waals surface area (Å²) in [6.07, 6.45) is 2.23. The van der Waals surface area contributed by atoms with E-state index in [1.54, 1.807) is 0 Å². The molecule has 0 amide bonds. The first-order chi connectivity index (χ1) is 8.29. The van der Waals surface area contributed by atoms with Crippen LogP contribution in [0.2, 0.25) is 0 Å². The fourth-order valence-corrected chi connectivity index (χ4v) is 2.16. The highest BCUT2D eigenvalue weighted by Gasteiger charge is 2.20. The van der Waals surface area contributed by atoms with Crippen LogP contribution in [0.5, 0.6) is 0 Å². The second-order valence-electron chi connectivity index (χ2n) is 4.44. The van der Waals surface area contributed by atoms with E-state index in [0.717, 1.165) is 31.9 Å². The van der Waals surface area contributed by atoms with Crippen LogP contribution in [0.1, 0.15) is 19.8 Å². The minimum absolute atomic E-state index is 0.402. The van der Waals surface area contributed by atoms with Crippen LogP contribution in [0.25, 0.3) is 0 Å². The van der Waals surface area contributed by atoms with E-state index in [1.165, 1.54) is 0 Å². The van der Waals surface area contributed by atoms with Gasteiger partial charge in [-0.15, -0.1) is 0 Å². The Hall–Kier alpha value is -1.33. The van der Waals surface area contributed by atoms with E-state index in [9.17, 15) is 0 Å². The smallest absolute Gasteiger partial charge is 0.142 e. The monoisotopic (exact) mass is 236 g/mol. The number of rotatable bonds is 4. The Labute approximate surface area is 102 Å². The van der Waals surface area contributed by atoms with Crippen molar-refractivity contribution in [2.75, 3.05) is 24.0 Å². The number of ether oxygens (including phenoxy) is 1. The summed E-state index contributed by atoms with van der Waals surface area (Å²) in [5.74, 6) is 7.52. The number of hydrazine groups is 1. The van der Waals surface area contributed by atoms with Gasteiger partial charge in [-0.3, -0.25) is 0 Å². The normalized spacial score (nSPS) is 18.7. The van der Waals surface area contributed by atoms with Crippen molar-refractivity contribution >= 4 is 11.6 Å². The second kappa shape index (κ2) is 5.84. The predicted molar refractivity (Wildman–Crippen MR) is 68.7 cm³/mol. The van der Waals surface area contributed by atoms with Gasteiger partial charge >= 0.3 is 0 Å². The van der Waals surface area contributed by atoms with Gasteiger partial charge in [0.25, 0.3) is 0 Å². The molecule has 1 aliphatic rings. The molecule has 0 aliphatic carbocycles. The maximum absolute atomic E-state index is 5.37. The van der Waals surface area contributed by atoms with E-state index >= 15 is 0 Å². The summed E-state index contributed by atoms with van der Waals surface area (Å²) in [6, 6.07) is 6.13. The molecule has 1 aromatic rings. The first kappa shape index (κ1) is 12.1. The van der Waals surface area contributed by atoms with Crippen LogP contribution in [-0.4, -0.2) is 24.2 Å². The lowest BCUT2D eigenvalue weighted by molar-refractivity contribution is 0.0622. The van der Waals surface area contributed by atoms with Crippen LogP contribution >= 0.6 is 0 Å². The van der Waals surface area contributed by atoms with Gasteiger partial charge in [0.2, 0.25) is 0 Å². The molecule has 1 aliphatic heterocycles. The molecular formula is C12H20N4O. The molecule has 0 bridgehead atoms. The van der Waals surface area contributed by atoms with Gasteiger partial charge in [-0.1, -0.05) is 6.07 Å². The highest BCUT2D eigenvalue weighted by Crippen LogP contribution is 2.21. The molecule has 1 atom stereocenters. The van der Waals surface area contributed by atoms with Gasteiger partial charge in [0, 0.05) is 19.3 Å². The van der Waals surface area contributed by atoms with Crippen LogP contribution in [0.4, 0.5) is 11.6 Å². The molecule has 0 radical (unpaired) electrons. The van der Waals surface area contributed by atoms with Crippen LogP contribution in [0, 0.1) is 5.92 Å². The van der Waals surface area contributed by atoms with Gasteiger partial charge in [-0.25, -0.2) is 10.8 Å². The zero-order valence-corrected chi connectivity index (χ0v) is 10.1. The van der Waals surface area contributed by atoms with Crippen molar-refractivity contribution < 1.29 is 4.74 Å². The zero-order chi connectivity index (χ0) is 12.1. The molecule has 5 nitrogen and oxygen atoms in total. The molecule has 1 fully saturated rings. The molecule has 94 valence electrons. The summed E-state index contributed by atoms with van der Waals surface area (Å²) < 4.78 is 5.37. The van der Waals surface area contributed by atoms with Crippen LogP contribution in [-0.2, 0) is 4.74 Å². The number of hydrogen-bond donors (Lipinski definition) is 3. The van der Waals surface area contributed by atoms with E-state index in [-0.39, 0.29) is 0 Å². The average Bonchev–Trinajstić information content (AvgIpc) is 2.40. The Balaban J connectivity index is 1.94. The molecule has 0 saturated carbocycles. The summed E-state index contributed by atoms with van der Waals surface area (Å²) in [5, 5.41) is 3.42.